The minimum Gasteiger partial charge on any atom is -0.368 e. The van der Waals surface area contributed by atoms with Gasteiger partial charge in [0.05, 0.1) is 5.56 Å². The maximum Gasteiger partial charge on any atom is 0.255 e. The molecule has 0 spiro atoms. The lowest BCUT2D eigenvalue weighted by Crippen LogP contribution is -2.49. The molecule has 0 saturated carbocycles. The fraction of sp³-hybridized carbons (Fsp3) is 0.300. The number of amides is 1. The van der Waals surface area contributed by atoms with Gasteiger partial charge in [-0.05, 0) is 30.3 Å². The number of fused-ring (bicyclic) bond motifs is 1. The molecule has 2 aromatic carbocycles. The molecule has 0 N–H and O–H groups in total. The minimum absolute atomic E-state index is 0.0276. The highest BCUT2D eigenvalue weighted by atomic mass is 35.5. The van der Waals surface area contributed by atoms with Gasteiger partial charge in [-0.3, -0.25) is 9.59 Å². The van der Waals surface area contributed by atoms with E-state index < -0.39 is 0 Å². The Balaban J connectivity index is 1.48. The van der Waals surface area contributed by atoms with Crippen molar-refractivity contribution in [3.05, 3.63) is 58.6 Å². The number of carbonyl (C=O) groups excluding carboxylic acids is 2. The molecule has 4 nitrogen and oxygen atoms in total. The van der Waals surface area contributed by atoms with Crippen molar-refractivity contribution in [1.29, 1.82) is 0 Å². The first-order valence-corrected chi connectivity index (χ1v) is 10.1. The lowest BCUT2D eigenvalue weighted by molar-refractivity contribution is 0.0743. The summed E-state index contributed by atoms with van der Waals surface area (Å²) in [6.07, 6.45) is 0.551. The summed E-state index contributed by atoms with van der Waals surface area (Å²) in [6, 6.07) is 13.3. The zero-order valence-electron chi connectivity index (χ0n) is 14.3. The molecule has 0 atom stereocenters. The van der Waals surface area contributed by atoms with Crippen LogP contribution in [0.4, 0.5) is 5.69 Å². The Kier molecular flexibility index (Phi) is 4.92. The smallest absolute Gasteiger partial charge is 0.255 e. The molecule has 1 saturated heterocycles. The van der Waals surface area contributed by atoms with Crippen LogP contribution in [0.5, 0.6) is 0 Å². The van der Waals surface area contributed by atoms with E-state index in [1.165, 1.54) is 0 Å². The fourth-order valence-electron chi connectivity index (χ4n) is 3.45. The molecular formula is C20H19ClN2O2S. The van der Waals surface area contributed by atoms with E-state index in [9.17, 15) is 9.59 Å². The summed E-state index contributed by atoms with van der Waals surface area (Å²) < 4.78 is 0. The zero-order chi connectivity index (χ0) is 18.1. The molecule has 0 aliphatic carbocycles. The summed E-state index contributed by atoms with van der Waals surface area (Å²) in [4.78, 5) is 30.1. The van der Waals surface area contributed by atoms with Crippen LogP contribution in [0.2, 0.25) is 5.02 Å². The van der Waals surface area contributed by atoms with Gasteiger partial charge in [0.1, 0.15) is 0 Å². The Morgan fingerprint density at radius 3 is 2.46 bits per heavy atom. The van der Waals surface area contributed by atoms with Crippen LogP contribution in [0.1, 0.15) is 27.1 Å². The molecule has 26 heavy (non-hydrogen) atoms. The second-order valence-corrected chi connectivity index (χ2v) is 8.00. The number of rotatable bonds is 2. The topological polar surface area (TPSA) is 40.6 Å². The van der Waals surface area contributed by atoms with Crippen LogP contribution >= 0.6 is 23.4 Å². The van der Waals surface area contributed by atoms with E-state index in [-0.39, 0.29) is 11.7 Å². The number of halogens is 1. The van der Waals surface area contributed by atoms with Gasteiger partial charge in [-0.1, -0.05) is 23.7 Å². The second kappa shape index (κ2) is 7.33. The van der Waals surface area contributed by atoms with E-state index in [0.29, 0.717) is 30.6 Å². The summed E-state index contributed by atoms with van der Waals surface area (Å²) in [5, 5.41) is 0.725. The highest BCUT2D eigenvalue weighted by molar-refractivity contribution is 7.99. The van der Waals surface area contributed by atoms with E-state index in [1.54, 1.807) is 11.8 Å². The van der Waals surface area contributed by atoms with Crippen LogP contribution in [-0.4, -0.2) is 48.5 Å². The number of ketones is 1. The van der Waals surface area contributed by atoms with Crippen LogP contribution in [0, 0.1) is 0 Å². The third-order valence-corrected chi connectivity index (χ3v) is 6.27. The molecule has 0 bridgehead atoms. The van der Waals surface area contributed by atoms with Gasteiger partial charge in [0, 0.05) is 59.5 Å². The normalized spacial score (nSPS) is 17.2. The van der Waals surface area contributed by atoms with Gasteiger partial charge >= 0.3 is 0 Å². The molecule has 1 fully saturated rings. The van der Waals surface area contributed by atoms with Gasteiger partial charge in [-0.15, -0.1) is 11.8 Å². The zero-order valence-corrected chi connectivity index (χ0v) is 15.9. The van der Waals surface area contributed by atoms with E-state index in [4.69, 9.17) is 11.6 Å². The first-order chi connectivity index (χ1) is 12.6. The molecule has 2 aromatic rings. The number of carbonyl (C=O) groups is 2. The Hall–Kier alpha value is -1.98. The van der Waals surface area contributed by atoms with Crippen molar-refractivity contribution in [3.8, 4) is 0 Å². The number of anilines is 1. The first-order valence-electron chi connectivity index (χ1n) is 8.72. The summed E-state index contributed by atoms with van der Waals surface area (Å²) in [5.74, 6) is 0.918. The van der Waals surface area contributed by atoms with Crippen molar-refractivity contribution >= 4 is 40.7 Å². The summed E-state index contributed by atoms with van der Waals surface area (Å²) in [5.41, 5.74) is 2.49. The SMILES string of the molecule is O=C1CCSc2c1cccc2C(=O)N1CCN(c2ccc(Cl)cc2)CC1. The van der Waals surface area contributed by atoms with Gasteiger partial charge in [0.2, 0.25) is 0 Å². The maximum atomic E-state index is 13.0. The van der Waals surface area contributed by atoms with Gasteiger partial charge in [0.15, 0.2) is 5.78 Å². The van der Waals surface area contributed by atoms with Crippen LogP contribution in [-0.2, 0) is 0 Å². The first kappa shape index (κ1) is 17.4. The Morgan fingerprint density at radius 1 is 1.00 bits per heavy atom. The molecule has 2 aliphatic rings. The monoisotopic (exact) mass is 386 g/mol. The quantitative estimate of drug-likeness (QED) is 0.782. The molecule has 6 heteroatoms. The van der Waals surface area contributed by atoms with Crippen molar-refractivity contribution < 1.29 is 9.59 Å². The predicted octanol–water partition coefficient (Wildman–Crippen LogP) is 3.98. The molecule has 0 radical (unpaired) electrons. The molecule has 2 aliphatic heterocycles. The Morgan fingerprint density at radius 2 is 1.73 bits per heavy atom. The van der Waals surface area contributed by atoms with Crippen molar-refractivity contribution in [2.75, 3.05) is 36.8 Å². The minimum atomic E-state index is 0.0276. The Bertz CT molecular complexity index is 845. The van der Waals surface area contributed by atoms with Crippen LogP contribution in [0.3, 0.4) is 0 Å². The van der Waals surface area contributed by atoms with Crippen LogP contribution < -0.4 is 4.90 Å². The molecule has 1 amide bonds. The second-order valence-electron chi connectivity index (χ2n) is 6.46. The predicted molar refractivity (Wildman–Crippen MR) is 106 cm³/mol. The number of nitrogens with zero attached hydrogens (tertiary/aromatic N) is 2. The average molecular weight is 387 g/mol. The number of Topliss-reactive ketones (excluding diaryl/α,β-unsaturated/α-hetero) is 1. The lowest BCUT2D eigenvalue weighted by Gasteiger charge is -2.36. The number of thioether (sulfide) groups is 1. The third-order valence-electron chi connectivity index (χ3n) is 4.88. The van der Waals surface area contributed by atoms with Gasteiger partial charge in [0.25, 0.3) is 5.91 Å². The largest absolute Gasteiger partial charge is 0.368 e. The molecular weight excluding hydrogens is 368 g/mol. The van der Waals surface area contributed by atoms with Crippen LogP contribution in [0.25, 0.3) is 0 Å². The lowest BCUT2D eigenvalue weighted by atomic mass is 10.0. The standard InChI is InChI=1S/C20H19ClN2O2S/c21-14-4-6-15(7-5-14)22-9-11-23(12-10-22)20(25)17-3-1-2-16-18(24)8-13-26-19(16)17/h1-7H,8-13H2. The molecule has 0 unspecified atom stereocenters. The maximum absolute atomic E-state index is 13.0. The van der Waals surface area contributed by atoms with Crippen LogP contribution in [0.15, 0.2) is 47.4 Å². The van der Waals surface area contributed by atoms with E-state index in [0.717, 1.165) is 34.4 Å². The van der Waals surface area contributed by atoms with Crippen molar-refractivity contribution in [3.63, 3.8) is 0 Å². The summed E-state index contributed by atoms with van der Waals surface area (Å²) in [7, 11) is 0. The fourth-order valence-corrected chi connectivity index (χ4v) is 4.72. The summed E-state index contributed by atoms with van der Waals surface area (Å²) in [6.45, 7) is 2.91. The van der Waals surface area contributed by atoms with E-state index in [2.05, 4.69) is 4.90 Å². The highest BCUT2D eigenvalue weighted by Gasteiger charge is 2.27. The highest BCUT2D eigenvalue weighted by Crippen LogP contribution is 2.34. The number of benzene rings is 2. The summed E-state index contributed by atoms with van der Waals surface area (Å²) >= 11 is 7.57. The van der Waals surface area contributed by atoms with Crippen molar-refractivity contribution in [1.82, 2.24) is 4.90 Å². The number of hydrogen-bond donors (Lipinski definition) is 0. The van der Waals surface area contributed by atoms with Gasteiger partial charge in [-0.25, -0.2) is 0 Å². The van der Waals surface area contributed by atoms with Crippen molar-refractivity contribution in [2.24, 2.45) is 0 Å². The average Bonchev–Trinajstić information content (AvgIpc) is 2.68. The third kappa shape index (κ3) is 3.33. The van der Waals surface area contributed by atoms with Gasteiger partial charge < -0.3 is 9.80 Å². The van der Waals surface area contributed by atoms with Crippen molar-refractivity contribution in [2.45, 2.75) is 11.3 Å². The van der Waals surface area contributed by atoms with E-state index in [1.807, 2.05) is 47.4 Å². The number of piperazine rings is 1. The van der Waals surface area contributed by atoms with E-state index >= 15 is 0 Å². The Labute approximate surface area is 162 Å². The molecule has 0 aromatic heterocycles. The molecule has 134 valence electrons. The van der Waals surface area contributed by atoms with Gasteiger partial charge in [-0.2, -0.15) is 0 Å². The number of hydrogen-bond acceptors (Lipinski definition) is 4. The molecule has 4 rings (SSSR count). The molecule has 2 heterocycles.